The number of hydrogen-bond donors (Lipinski definition) is 1. The number of para-hydroxylation sites is 1. The molecule has 0 spiro atoms. The van der Waals surface area contributed by atoms with Crippen LogP contribution in [0.2, 0.25) is 5.02 Å². The molecule has 0 unspecified atom stereocenters. The van der Waals surface area contributed by atoms with E-state index in [4.69, 9.17) is 11.6 Å². The number of benzene rings is 4. The zero-order chi connectivity index (χ0) is 32.8. The number of carbonyl (C=O) groups is 2. The predicted molar refractivity (Wildman–Crippen MR) is 176 cm³/mol. The molecule has 4 aromatic rings. The van der Waals surface area contributed by atoms with E-state index >= 15 is 0 Å². The molecule has 0 aromatic heterocycles. The average Bonchev–Trinajstić information content (AvgIpc) is 2.99. The Bertz CT molecular complexity index is 1730. The third-order valence-corrected chi connectivity index (χ3v) is 9.14. The highest BCUT2D eigenvalue weighted by molar-refractivity contribution is 7.92. The van der Waals surface area contributed by atoms with Crippen molar-refractivity contribution in [3.05, 3.63) is 131 Å². The van der Waals surface area contributed by atoms with E-state index < -0.39 is 45.8 Å². The van der Waals surface area contributed by atoms with E-state index in [1.807, 2.05) is 58.0 Å². The lowest BCUT2D eigenvalue weighted by molar-refractivity contribution is -0.140. The van der Waals surface area contributed by atoms with E-state index in [0.717, 1.165) is 15.4 Å². The first kappa shape index (κ1) is 33.7. The molecule has 0 radical (unpaired) electrons. The van der Waals surface area contributed by atoms with E-state index in [2.05, 4.69) is 5.32 Å². The summed E-state index contributed by atoms with van der Waals surface area (Å²) in [7, 11) is -4.28. The molecule has 4 aromatic carbocycles. The quantitative estimate of drug-likeness (QED) is 0.200. The zero-order valence-electron chi connectivity index (χ0n) is 25.7. The van der Waals surface area contributed by atoms with E-state index in [1.165, 1.54) is 47.4 Å². The fourth-order valence-electron chi connectivity index (χ4n) is 4.80. The van der Waals surface area contributed by atoms with Gasteiger partial charge in [0.05, 0.1) is 15.6 Å². The highest BCUT2D eigenvalue weighted by Gasteiger charge is 2.36. The number of nitrogens with one attached hydrogen (secondary N) is 1. The first-order valence-corrected chi connectivity index (χ1v) is 16.3. The van der Waals surface area contributed by atoms with Gasteiger partial charge in [0.1, 0.15) is 18.4 Å². The molecule has 45 heavy (non-hydrogen) atoms. The van der Waals surface area contributed by atoms with Crippen molar-refractivity contribution in [3.63, 3.8) is 0 Å². The zero-order valence-corrected chi connectivity index (χ0v) is 27.3. The van der Waals surface area contributed by atoms with Crippen LogP contribution in [0.4, 0.5) is 10.1 Å². The Morgan fingerprint density at radius 3 is 2.04 bits per heavy atom. The van der Waals surface area contributed by atoms with Crippen LogP contribution < -0.4 is 9.62 Å². The van der Waals surface area contributed by atoms with Crippen LogP contribution in [0.3, 0.4) is 0 Å². The molecule has 0 saturated heterocycles. The van der Waals surface area contributed by atoms with E-state index in [9.17, 15) is 22.4 Å². The summed E-state index contributed by atoms with van der Waals surface area (Å²) in [5.41, 5.74) is 1.74. The molecule has 7 nitrogen and oxygen atoms in total. The third-order valence-electron chi connectivity index (χ3n) is 7.04. The lowest BCUT2D eigenvalue weighted by Crippen LogP contribution is -2.56. The summed E-state index contributed by atoms with van der Waals surface area (Å²) in [4.78, 5) is 29.7. The third kappa shape index (κ3) is 8.93. The van der Waals surface area contributed by atoms with Gasteiger partial charge in [0, 0.05) is 18.5 Å². The highest BCUT2D eigenvalue weighted by atomic mass is 35.5. The second kappa shape index (κ2) is 14.3. The maximum atomic E-state index is 14.5. The maximum absolute atomic E-state index is 14.5. The molecule has 1 atom stereocenters. The monoisotopic (exact) mass is 649 g/mol. The molecule has 0 heterocycles. The van der Waals surface area contributed by atoms with Gasteiger partial charge in [-0.2, -0.15) is 0 Å². The predicted octanol–water partition coefficient (Wildman–Crippen LogP) is 6.54. The van der Waals surface area contributed by atoms with Crippen molar-refractivity contribution in [3.8, 4) is 0 Å². The molecule has 0 aliphatic carbocycles. The topological polar surface area (TPSA) is 86.8 Å². The summed E-state index contributed by atoms with van der Waals surface area (Å²) in [6.45, 7) is 6.64. The highest BCUT2D eigenvalue weighted by Crippen LogP contribution is 2.31. The van der Waals surface area contributed by atoms with E-state index in [-0.39, 0.29) is 28.6 Å². The molecule has 2 amide bonds. The number of anilines is 1. The largest absolute Gasteiger partial charge is 0.350 e. The van der Waals surface area contributed by atoms with Gasteiger partial charge in [-0.25, -0.2) is 12.8 Å². The van der Waals surface area contributed by atoms with Crippen LogP contribution in [0.15, 0.2) is 108 Å². The van der Waals surface area contributed by atoms with Crippen molar-refractivity contribution >= 4 is 39.1 Å². The van der Waals surface area contributed by atoms with E-state index in [1.54, 1.807) is 30.3 Å². The first-order chi connectivity index (χ1) is 21.2. The SMILES string of the molecule is Cc1ccc(S(=O)(=O)N(CC(=O)N(Cc2ccc(F)cc2)[C@H](Cc2ccccc2)C(=O)NC(C)(C)C)c2ccccc2Cl)cc1. The molecule has 236 valence electrons. The van der Waals surface area contributed by atoms with Gasteiger partial charge in [0.25, 0.3) is 10.0 Å². The molecule has 0 aliphatic rings. The van der Waals surface area contributed by atoms with Gasteiger partial charge in [0.2, 0.25) is 11.8 Å². The summed E-state index contributed by atoms with van der Waals surface area (Å²) in [5, 5.41) is 3.12. The van der Waals surface area contributed by atoms with Gasteiger partial charge >= 0.3 is 0 Å². The minimum absolute atomic E-state index is 0.0165. The van der Waals surface area contributed by atoms with Crippen LogP contribution in [-0.2, 0) is 32.6 Å². The van der Waals surface area contributed by atoms with Crippen LogP contribution in [0.1, 0.15) is 37.5 Å². The van der Waals surface area contributed by atoms with Gasteiger partial charge in [-0.1, -0.05) is 83.9 Å². The van der Waals surface area contributed by atoms with Crippen molar-refractivity contribution in [2.75, 3.05) is 10.8 Å². The summed E-state index contributed by atoms with van der Waals surface area (Å²) >= 11 is 6.51. The second-order valence-electron chi connectivity index (χ2n) is 11.9. The maximum Gasteiger partial charge on any atom is 0.264 e. The summed E-state index contributed by atoms with van der Waals surface area (Å²) in [5.74, 6) is -1.50. The molecule has 10 heteroatoms. The fraction of sp³-hybridized carbons (Fsp3) is 0.257. The van der Waals surface area contributed by atoms with Crippen molar-refractivity contribution in [1.29, 1.82) is 0 Å². The smallest absolute Gasteiger partial charge is 0.264 e. The van der Waals surface area contributed by atoms with Crippen molar-refractivity contribution < 1.29 is 22.4 Å². The summed E-state index contributed by atoms with van der Waals surface area (Å²) in [6.07, 6.45) is 0.159. The minimum atomic E-state index is -4.28. The average molecular weight is 650 g/mol. The van der Waals surface area contributed by atoms with Gasteiger partial charge in [-0.3, -0.25) is 13.9 Å². The van der Waals surface area contributed by atoms with Crippen molar-refractivity contribution in [2.45, 2.75) is 57.1 Å². The number of sulfonamides is 1. The Balaban J connectivity index is 1.82. The lowest BCUT2D eigenvalue weighted by atomic mass is 10.0. The van der Waals surface area contributed by atoms with Crippen LogP contribution in [-0.4, -0.2) is 43.3 Å². The Morgan fingerprint density at radius 1 is 0.844 bits per heavy atom. The molecule has 4 rings (SSSR count). The molecular weight excluding hydrogens is 613 g/mol. The number of hydrogen-bond acceptors (Lipinski definition) is 4. The van der Waals surface area contributed by atoms with Gasteiger partial charge < -0.3 is 10.2 Å². The van der Waals surface area contributed by atoms with Crippen LogP contribution >= 0.6 is 11.6 Å². The summed E-state index contributed by atoms with van der Waals surface area (Å²) < 4.78 is 43.0. The molecule has 0 aliphatic heterocycles. The number of aryl methyl sites for hydroxylation is 1. The van der Waals surface area contributed by atoms with Crippen LogP contribution in [0, 0.1) is 12.7 Å². The molecule has 0 fully saturated rings. The fourth-order valence-corrected chi connectivity index (χ4v) is 6.52. The first-order valence-electron chi connectivity index (χ1n) is 14.5. The standard InChI is InChI=1S/C35H37ClFN3O4S/c1-25-14-20-29(21-15-25)45(43,44)40(31-13-9-8-12-30(31)36)24-33(41)39(23-27-16-18-28(37)19-17-27)32(34(42)38-35(2,3)4)22-26-10-6-5-7-11-26/h5-21,32H,22-24H2,1-4H3,(H,38,42)/t32-/m1/s1. The van der Waals surface area contributed by atoms with Crippen LogP contribution in [0.5, 0.6) is 0 Å². The van der Waals surface area contributed by atoms with E-state index in [0.29, 0.717) is 5.56 Å². The molecular formula is C35H37ClFN3O4S. The van der Waals surface area contributed by atoms with Gasteiger partial charge in [-0.05, 0) is 75.2 Å². The number of carbonyl (C=O) groups excluding carboxylic acids is 2. The Morgan fingerprint density at radius 2 is 1.44 bits per heavy atom. The van der Waals surface area contributed by atoms with Crippen molar-refractivity contribution in [2.24, 2.45) is 0 Å². The number of nitrogens with zero attached hydrogens (tertiary/aromatic N) is 2. The molecule has 0 bridgehead atoms. The molecule has 0 saturated carbocycles. The summed E-state index contributed by atoms with van der Waals surface area (Å²) in [6, 6.07) is 26.5. The Kier molecular flexibility index (Phi) is 10.7. The number of rotatable bonds is 11. The Labute approximate surface area is 269 Å². The van der Waals surface area contributed by atoms with Gasteiger partial charge in [0.15, 0.2) is 0 Å². The number of amides is 2. The molecule has 1 N–H and O–H groups in total. The number of halogens is 2. The lowest BCUT2D eigenvalue weighted by Gasteiger charge is -2.35. The van der Waals surface area contributed by atoms with Crippen LogP contribution in [0.25, 0.3) is 0 Å². The normalized spacial score (nSPS) is 12.3. The minimum Gasteiger partial charge on any atom is -0.350 e. The second-order valence-corrected chi connectivity index (χ2v) is 14.1. The van der Waals surface area contributed by atoms with Crippen molar-refractivity contribution in [1.82, 2.24) is 10.2 Å². The van der Waals surface area contributed by atoms with Gasteiger partial charge in [-0.15, -0.1) is 0 Å². The Hall–Kier alpha value is -4.21.